The Hall–Kier alpha value is -1.62. The number of aromatic nitrogens is 1. The molecule has 1 aromatic heterocycles. The summed E-state index contributed by atoms with van der Waals surface area (Å²) < 4.78 is 6.40. The predicted octanol–water partition coefficient (Wildman–Crippen LogP) is 1.01. The van der Waals surface area contributed by atoms with Crippen molar-refractivity contribution >= 4 is 39.8 Å². The smallest absolute Gasteiger partial charge is 0.379 e. The minimum Gasteiger partial charge on any atom is -0.463 e. The van der Waals surface area contributed by atoms with E-state index >= 15 is 0 Å². The molecule has 0 bridgehead atoms. The van der Waals surface area contributed by atoms with Gasteiger partial charge in [0.25, 0.3) is 5.78 Å². The number of rotatable bonds is 5. The van der Waals surface area contributed by atoms with Gasteiger partial charge in [0.15, 0.2) is 0 Å². The van der Waals surface area contributed by atoms with E-state index in [4.69, 9.17) is 0 Å². The van der Waals surface area contributed by atoms with Gasteiger partial charge in [-0.3, -0.25) is 4.79 Å². The fraction of sp³-hybridized carbons (Fsp3) is 0.286. The lowest BCUT2D eigenvalue weighted by Gasteiger charge is -1.98. The second-order valence-electron chi connectivity index (χ2n) is 3.74. The summed E-state index contributed by atoms with van der Waals surface area (Å²) in [6, 6.07) is 0. The van der Waals surface area contributed by atoms with Gasteiger partial charge in [0.2, 0.25) is 0 Å². The van der Waals surface area contributed by atoms with Crippen LogP contribution in [0.5, 0.6) is 0 Å². The van der Waals surface area contributed by atoms with Crippen LogP contribution in [0.3, 0.4) is 0 Å². The highest BCUT2D eigenvalue weighted by Gasteiger charge is 2.20. The van der Waals surface area contributed by atoms with E-state index < -0.39 is 11.8 Å². The van der Waals surface area contributed by atoms with Crippen molar-refractivity contribution in [3.63, 3.8) is 0 Å². The van der Waals surface area contributed by atoms with Gasteiger partial charge in [-0.2, -0.15) is 0 Å². The summed E-state index contributed by atoms with van der Waals surface area (Å²) in [6.45, 7) is 6.22. The standard InChI is InChI=1S/C14H16BrNO3/c1-4-6-10-11(13(17)14(18)19-3)9-16(8-7-15)12(10)5-2/h4-6,9H,1,7-8H2,2-3H3/b10-6-,12-5+. The zero-order valence-corrected chi connectivity index (χ0v) is 12.6. The lowest BCUT2D eigenvalue weighted by molar-refractivity contribution is -0.135. The van der Waals surface area contributed by atoms with E-state index in [-0.39, 0.29) is 0 Å². The van der Waals surface area contributed by atoms with Crippen LogP contribution < -0.4 is 10.6 Å². The van der Waals surface area contributed by atoms with Crippen molar-refractivity contribution < 1.29 is 14.3 Å². The third kappa shape index (κ3) is 3.23. The number of alkyl halides is 1. The average Bonchev–Trinajstić information content (AvgIpc) is 2.75. The van der Waals surface area contributed by atoms with Crippen LogP contribution in [0.4, 0.5) is 0 Å². The number of ketones is 1. The highest BCUT2D eigenvalue weighted by molar-refractivity contribution is 9.09. The number of carbonyl (C=O) groups is 2. The fourth-order valence-corrected chi connectivity index (χ4v) is 2.24. The molecule has 1 rings (SSSR count). The number of hydrogen-bond acceptors (Lipinski definition) is 3. The summed E-state index contributed by atoms with van der Waals surface area (Å²) in [5, 5.41) is 2.32. The van der Waals surface area contributed by atoms with Crippen molar-refractivity contribution in [2.45, 2.75) is 13.5 Å². The minimum absolute atomic E-state index is 0.334. The molecule has 1 heterocycles. The van der Waals surface area contributed by atoms with Gasteiger partial charge in [-0.1, -0.05) is 40.7 Å². The first kappa shape index (κ1) is 15.4. The van der Waals surface area contributed by atoms with Crippen LogP contribution >= 0.6 is 15.9 Å². The van der Waals surface area contributed by atoms with Gasteiger partial charge < -0.3 is 9.30 Å². The van der Waals surface area contributed by atoms with Gasteiger partial charge in [0.05, 0.1) is 12.7 Å². The van der Waals surface area contributed by atoms with Gasteiger partial charge >= 0.3 is 5.97 Å². The molecule has 0 spiro atoms. The molecule has 0 aliphatic heterocycles. The molecular formula is C14H16BrNO3. The lowest BCUT2D eigenvalue weighted by atomic mass is 10.1. The van der Waals surface area contributed by atoms with Gasteiger partial charge in [0, 0.05) is 28.6 Å². The Labute approximate surface area is 120 Å². The normalized spacial score (nSPS) is 12.6. The lowest BCUT2D eigenvalue weighted by Crippen LogP contribution is -2.32. The second-order valence-corrected chi connectivity index (χ2v) is 4.53. The molecular weight excluding hydrogens is 310 g/mol. The Balaban J connectivity index is 3.57. The van der Waals surface area contributed by atoms with Gasteiger partial charge in [-0.25, -0.2) is 4.79 Å². The molecule has 0 aliphatic rings. The molecule has 0 amide bonds. The molecule has 0 fully saturated rings. The molecule has 0 atom stereocenters. The minimum atomic E-state index is -0.864. The Morgan fingerprint density at radius 1 is 1.53 bits per heavy atom. The largest absolute Gasteiger partial charge is 0.463 e. The first-order valence-corrected chi connectivity index (χ1v) is 6.89. The summed E-state index contributed by atoms with van der Waals surface area (Å²) in [4.78, 5) is 23.4. The SMILES string of the molecule is C=C/C=c1/c(C(=O)C(=O)OC)cn(CCBr)/c1=C/C. The van der Waals surface area contributed by atoms with Crippen molar-refractivity contribution in [1.82, 2.24) is 4.57 Å². The first-order valence-electron chi connectivity index (χ1n) is 5.77. The summed E-state index contributed by atoms with van der Waals surface area (Å²) in [5.74, 6) is -1.51. The van der Waals surface area contributed by atoms with Crippen LogP contribution in [0.1, 0.15) is 17.3 Å². The van der Waals surface area contributed by atoms with E-state index in [1.54, 1.807) is 18.3 Å². The van der Waals surface area contributed by atoms with E-state index in [0.717, 1.165) is 10.7 Å². The highest BCUT2D eigenvalue weighted by Crippen LogP contribution is 1.97. The number of allylic oxidation sites excluding steroid dienone is 1. The molecule has 0 N–H and O–H groups in total. The van der Waals surface area contributed by atoms with E-state index in [1.807, 2.05) is 17.6 Å². The van der Waals surface area contributed by atoms with Crippen molar-refractivity contribution in [1.29, 1.82) is 0 Å². The van der Waals surface area contributed by atoms with Gasteiger partial charge in [0.1, 0.15) is 0 Å². The van der Waals surface area contributed by atoms with Gasteiger partial charge in [-0.15, -0.1) is 0 Å². The van der Waals surface area contributed by atoms with Crippen LogP contribution in [-0.4, -0.2) is 28.8 Å². The van der Waals surface area contributed by atoms with E-state index in [2.05, 4.69) is 27.2 Å². The van der Waals surface area contributed by atoms with Crippen LogP contribution in [0, 0.1) is 0 Å². The van der Waals surface area contributed by atoms with Crippen molar-refractivity contribution in [3.05, 3.63) is 35.0 Å². The monoisotopic (exact) mass is 325 g/mol. The van der Waals surface area contributed by atoms with Crippen LogP contribution in [0.2, 0.25) is 0 Å². The highest BCUT2D eigenvalue weighted by atomic mass is 79.9. The maximum atomic E-state index is 12.0. The molecule has 5 heteroatoms. The number of aryl methyl sites for hydroxylation is 1. The fourth-order valence-electron chi connectivity index (χ4n) is 1.86. The Morgan fingerprint density at radius 2 is 2.21 bits per heavy atom. The third-order valence-corrected chi connectivity index (χ3v) is 3.01. The molecule has 0 aromatic carbocycles. The van der Waals surface area contributed by atoms with Gasteiger partial charge in [-0.05, 0) is 6.92 Å². The van der Waals surface area contributed by atoms with Crippen molar-refractivity contribution in [2.75, 3.05) is 12.4 Å². The number of carbonyl (C=O) groups excluding carboxylic acids is 2. The Kier molecular flexibility index (Phi) is 5.76. The van der Waals surface area contributed by atoms with Crippen LogP contribution in [0.25, 0.3) is 12.2 Å². The molecule has 0 unspecified atom stereocenters. The van der Waals surface area contributed by atoms with Crippen LogP contribution in [-0.2, 0) is 16.1 Å². The van der Waals surface area contributed by atoms with Crippen molar-refractivity contribution in [3.8, 4) is 0 Å². The number of hydrogen-bond donors (Lipinski definition) is 0. The quantitative estimate of drug-likeness (QED) is 0.351. The predicted molar refractivity (Wildman–Crippen MR) is 78.6 cm³/mol. The summed E-state index contributed by atoms with van der Waals surface area (Å²) in [5.41, 5.74) is 0.334. The summed E-state index contributed by atoms with van der Waals surface area (Å²) in [7, 11) is 1.19. The number of Topliss-reactive ketones (excluding diaryl/α,β-unsaturated/α-hetero) is 1. The summed E-state index contributed by atoms with van der Waals surface area (Å²) in [6.07, 6.45) is 6.88. The molecule has 1 aromatic rings. The molecule has 0 aliphatic carbocycles. The Bertz CT molecular complexity index is 613. The van der Waals surface area contributed by atoms with E-state index in [0.29, 0.717) is 17.3 Å². The second kappa shape index (κ2) is 7.09. The van der Waals surface area contributed by atoms with Crippen molar-refractivity contribution in [2.24, 2.45) is 0 Å². The number of methoxy groups -OCH3 is 1. The first-order chi connectivity index (χ1) is 9.10. The van der Waals surface area contributed by atoms with Crippen LogP contribution in [0.15, 0.2) is 18.9 Å². The van der Waals surface area contributed by atoms with E-state index in [9.17, 15) is 9.59 Å². The maximum Gasteiger partial charge on any atom is 0.379 e. The number of ether oxygens (including phenoxy) is 1. The zero-order valence-electron chi connectivity index (χ0n) is 11.0. The topological polar surface area (TPSA) is 48.3 Å². The maximum absolute atomic E-state index is 12.0. The van der Waals surface area contributed by atoms with E-state index in [1.165, 1.54) is 7.11 Å². The molecule has 19 heavy (non-hydrogen) atoms. The zero-order chi connectivity index (χ0) is 14.4. The number of nitrogens with zero attached hydrogens (tertiary/aromatic N) is 1. The molecule has 102 valence electrons. The number of halogens is 1. The molecule has 4 nitrogen and oxygen atoms in total. The Morgan fingerprint density at radius 3 is 2.68 bits per heavy atom. The molecule has 0 saturated carbocycles. The molecule has 0 saturated heterocycles. The summed E-state index contributed by atoms with van der Waals surface area (Å²) >= 11 is 3.36. The average molecular weight is 326 g/mol. The number of esters is 1. The third-order valence-electron chi connectivity index (χ3n) is 2.66. The molecule has 0 radical (unpaired) electrons.